The largest absolute Gasteiger partial charge is 0.305 e. The summed E-state index contributed by atoms with van der Waals surface area (Å²) in [6, 6.07) is 2.53. The predicted octanol–water partition coefficient (Wildman–Crippen LogP) is 3.71. The van der Waals surface area contributed by atoms with Crippen LogP contribution in [0.15, 0.2) is 15.9 Å². The second-order valence-corrected chi connectivity index (χ2v) is 6.40. The van der Waals surface area contributed by atoms with Crippen LogP contribution in [0.4, 0.5) is 0 Å². The molecule has 1 unspecified atom stereocenters. The minimum absolute atomic E-state index is 0.361. The molecule has 0 aliphatic carbocycles. The van der Waals surface area contributed by atoms with Crippen molar-refractivity contribution in [3.63, 3.8) is 0 Å². The maximum atomic E-state index is 4.44. The quantitative estimate of drug-likeness (QED) is 0.927. The van der Waals surface area contributed by atoms with Gasteiger partial charge in [-0.05, 0) is 42.8 Å². The molecule has 0 radical (unpaired) electrons. The summed E-state index contributed by atoms with van der Waals surface area (Å²) >= 11 is 5.27. The molecule has 18 heavy (non-hydrogen) atoms. The van der Waals surface area contributed by atoms with Gasteiger partial charge in [0, 0.05) is 45.6 Å². The molecule has 98 valence electrons. The molecule has 1 atom stereocenters. The van der Waals surface area contributed by atoms with E-state index < -0.39 is 0 Å². The van der Waals surface area contributed by atoms with E-state index in [0.29, 0.717) is 6.04 Å². The van der Waals surface area contributed by atoms with E-state index in [1.165, 1.54) is 16.1 Å². The number of hydrogen-bond acceptors (Lipinski definition) is 3. The Morgan fingerprint density at radius 1 is 1.50 bits per heavy atom. The lowest BCUT2D eigenvalue weighted by atomic mass is 10.2. The molecular formula is C13H18BrN3S. The van der Waals surface area contributed by atoms with E-state index >= 15 is 0 Å². The van der Waals surface area contributed by atoms with Gasteiger partial charge in [-0.25, -0.2) is 0 Å². The van der Waals surface area contributed by atoms with Crippen LogP contribution in [0.3, 0.4) is 0 Å². The second kappa shape index (κ2) is 5.55. The van der Waals surface area contributed by atoms with Gasteiger partial charge >= 0.3 is 0 Å². The third-order valence-electron chi connectivity index (χ3n) is 3.26. The van der Waals surface area contributed by atoms with E-state index in [4.69, 9.17) is 0 Å². The summed E-state index contributed by atoms with van der Waals surface area (Å²) in [6.45, 7) is 7.24. The van der Waals surface area contributed by atoms with Crippen LogP contribution < -0.4 is 5.32 Å². The van der Waals surface area contributed by atoms with Gasteiger partial charge in [-0.1, -0.05) is 0 Å². The van der Waals surface area contributed by atoms with Crippen LogP contribution in [0.25, 0.3) is 0 Å². The summed E-state index contributed by atoms with van der Waals surface area (Å²) in [5, 5.41) is 10.1. The minimum atomic E-state index is 0.361. The molecular weight excluding hydrogens is 310 g/mol. The zero-order valence-corrected chi connectivity index (χ0v) is 13.5. The smallest absolute Gasteiger partial charge is 0.0641 e. The number of thiophene rings is 1. The molecule has 5 heteroatoms. The van der Waals surface area contributed by atoms with Crippen molar-refractivity contribution in [1.82, 2.24) is 15.1 Å². The van der Waals surface area contributed by atoms with E-state index in [1.807, 2.05) is 11.7 Å². The number of rotatable bonds is 4. The minimum Gasteiger partial charge on any atom is -0.305 e. The highest BCUT2D eigenvalue weighted by Gasteiger charge is 2.12. The molecule has 0 aromatic carbocycles. The van der Waals surface area contributed by atoms with Gasteiger partial charge in [-0.2, -0.15) is 5.10 Å². The van der Waals surface area contributed by atoms with Gasteiger partial charge in [0.05, 0.1) is 5.69 Å². The van der Waals surface area contributed by atoms with Crippen LogP contribution in [0, 0.1) is 13.8 Å². The average molecular weight is 328 g/mol. The molecule has 0 spiro atoms. The Balaban J connectivity index is 2.03. The summed E-state index contributed by atoms with van der Waals surface area (Å²) in [6.07, 6.45) is 0. The molecule has 0 saturated carbocycles. The molecule has 2 heterocycles. The predicted molar refractivity (Wildman–Crippen MR) is 80.0 cm³/mol. The number of nitrogens with zero attached hydrogens (tertiary/aromatic N) is 2. The van der Waals surface area contributed by atoms with Gasteiger partial charge < -0.3 is 5.32 Å². The number of hydrogen-bond donors (Lipinski definition) is 1. The Kier molecular flexibility index (Phi) is 4.25. The Hall–Kier alpha value is -0.650. The van der Waals surface area contributed by atoms with Crippen LogP contribution in [-0.2, 0) is 13.6 Å². The lowest BCUT2D eigenvalue weighted by molar-refractivity contribution is 0.579. The zero-order valence-electron chi connectivity index (χ0n) is 11.1. The first-order valence-corrected chi connectivity index (χ1v) is 7.62. The van der Waals surface area contributed by atoms with Crippen molar-refractivity contribution in [3.8, 4) is 0 Å². The van der Waals surface area contributed by atoms with Gasteiger partial charge in [0.15, 0.2) is 0 Å². The molecule has 2 aromatic heterocycles. The van der Waals surface area contributed by atoms with Gasteiger partial charge in [-0.15, -0.1) is 11.3 Å². The fourth-order valence-electron chi connectivity index (χ4n) is 1.98. The number of nitrogens with one attached hydrogen (secondary N) is 1. The topological polar surface area (TPSA) is 29.9 Å². The van der Waals surface area contributed by atoms with Crippen molar-refractivity contribution in [3.05, 3.63) is 37.7 Å². The van der Waals surface area contributed by atoms with Crippen molar-refractivity contribution < 1.29 is 0 Å². The molecule has 0 amide bonds. The molecule has 2 rings (SSSR count). The van der Waals surface area contributed by atoms with E-state index in [1.54, 1.807) is 11.3 Å². The molecule has 0 aliphatic heterocycles. The number of aryl methyl sites for hydroxylation is 2. The van der Waals surface area contributed by atoms with Crippen molar-refractivity contribution in [2.75, 3.05) is 0 Å². The maximum absolute atomic E-state index is 4.44. The van der Waals surface area contributed by atoms with Crippen molar-refractivity contribution >= 4 is 27.3 Å². The SMILES string of the molecule is Cc1nn(C)c(C)c1CNC(C)c1cc(Br)cs1. The van der Waals surface area contributed by atoms with Crippen LogP contribution in [0.1, 0.15) is 34.8 Å². The Morgan fingerprint density at radius 2 is 2.22 bits per heavy atom. The molecule has 0 saturated heterocycles. The lowest BCUT2D eigenvalue weighted by Crippen LogP contribution is -2.18. The summed E-state index contributed by atoms with van der Waals surface area (Å²) < 4.78 is 3.10. The van der Waals surface area contributed by atoms with Crippen molar-refractivity contribution in [1.29, 1.82) is 0 Å². The summed E-state index contributed by atoms with van der Waals surface area (Å²) in [5.74, 6) is 0. The highest BCUT2D eigenvalue weighted by atomic mass is 79.9. The third-order valence-corrected chi connectivity index (χ3v) is 5.13. The van der Waals surface area contributed by atoms with Crippen LogP contribution in [0.2, 0.25) is 0 Å². The number of aromatic nitrogens is 2. The average Bonchev–Trinajstić information content (AvgIpc) is 2.83. The standard InChI is InChI=1S/C13H18BrN3S/c1-8-12(10(3)17(4)16-8)6-15-9(2)13-5-11(14)7-18-13/h5,7,9,15H,6H2,1-4H3. The molecule has 0 aliphatic rings. The molecule has 2 aromatic rings. The number of halogens is 1. The zero-order chi connectivity index (χ0) is 13.3. The van der Waals surface area contributed by atoms with E-state index in [0.717, 1.165) is 16.7 Å². The van der Waals surface area contributed by atoms with E-state index in [9.17, 15) is 0 Å². The van der Waals surface area contributed by atoms with Crippen LogP contribution in [-0.4, -0.2) is 9.78 Å². The molecule has 0 fully saturated rings. The third kappa shape index (κ3) is 2.84. The van der Waals surface area contributed by atoms with Crippen LogP contribution >= 0.6 is 27.3 Å². The molecule has 0 bridgehead atoms. The van der Waals surface area contributed by atoms with Gasteiger partial charge in [-0.3, -0.25) is 4.68 Å². The van der Waals surface area contributed by atoms with Gasteiger partial charge in [0.25, 0.3) is 0 Å². The summed E-state index contributed by atoms with van der Waals surface area (Å²) in [4.78, 5) is 1.35. The van der Waals surface area contributed by atoms with E-state index in [2.05, 4.69) is 58.6 Å². The monoisotopic (exact) mass is 327 g/mol. The van der Waals surface area contributed by atoms with Gasteiger partial charge in [0.1, 0.15) is 0 Å². The second-order valence-electron chi connectivity index (χ2n) is 4.54. The fraction of sp³-hybridized carbons (Fsp3) is 0.462. The van der Waals surface area contributed by atoms with E-state index in [-0.39, 0.29) is 0 Å². The van der Waals surface area contributed by atoms with Crippen molar-refractivity contribution in [2.45, 2.75) is 33.4 Å². The molecule has 3 nitrogen and oxygen atoms in total. The molecule has 1 N–H and O–H groups in total. The van der Waals surface area contributed by atoms with Gasteiger partial charge in [0.2, 0.25) is 0 Å². The normalized spacial score (nSPS) is 12.9. The van der Waals surface area contributed by atoms with Crippen molar-refractivity contribution in [2.24, 2.45) is 7.05 Å². The lowest BCUT2D eigenvalue weighted by Gasteiger charge is -2.12. The summed E-state index contributed by atoms with van der Waals surface area (Å²) in [5.41, 5.74) is 3.65. The Labute approximate surface area is 120 Å². The maximum Gasteiger partial charge on any atom is 0.0641 e. The Bertz CT molecular complexity index is 544. The van der Waals surface area contributed by atoms with Crippen LogP contribution in [0.5, 0.6) is 0 Å². The fourth-order valence-corrected chi connectivity index (χ4v) is 3.46. The highest BCUT2D eigenvalue weighted by molar-refractivity contribution is 9.10. The first-order valence-electron chi connectivity index (χ1n) is 5.95. The summed E-state index contributed by atoms with van der Waals surface area (Å²) in [7, 11) is 1.99. The first kappa shape index (κ1) is 13.8. The first-order chi connectivity index (χ1) is 8.49. The Morgan fingerprint density at radius 3 is 2.72 bits per heavy atom. The highest BCUT2D eigenvalue weighted by Crippen LogP contribution is 2.25.